The second-order valence-electron chi connectivity index (χ2n) is 6.99. The van der Waals surface area contributed by atoms with Crippen molar-refractivity contribution in [3.8, 4) is 0 Å². The van der Waals surface area contributed by atoms with E-state index in [1.165, 1.54) is 6.92 Å². The first kappa shape index (κ1) is 19.2. The zero-order valence-corrected chi connectivity index (χ0v) is 14.9. The summed E-state index contributed by atoms with van der Waals surface area (Å²) < 4.78 is 0. The quantitative estimate of drug-likeness (QED) is 0.810. The lowest BCUT2D eigenvalue weighted by molar-refractivity contribution is -0.117. The first-order chi connectivity index (χ1) is 10.7. The highest BCUT2D eigenvalue weighted by atomic mass is 16.2. The average Bonchev–Trinajstić information content (AvgIpc) is 2.44. The van der Waals surface area contributed by atoms with Crippen LogP contribution in [0.2, 0.25) is 0 Å². The minimum absolute atomic E-state index is 0.0203. The molecule has 0 spiro atoms. The largest absolute Gasteiger partial charge is 0.326 e. The monoisotopic (exact) mass is 319 g/mol. The number of carbonyl (C=O) groups is 2. The Bertz CT molecular complexity index is 518. The summed E-state index contributed by atoms with van der Waals surface area (Å²) in [5.74, 6) is -0.132. The van der Waals surface area contributed by atoms with Crippen molar-refractivity contribution < 1.29 is 9.59 Å². The van der Waals surface area contributed by atoms with Gasteiger partial charge in [0.15, 0.2) is 0 Å². The number of anilines is 2. The van der Waals surface area contributed by atoms with E-state index in [-0.39, 0.29) is 17.2 Å². The normalized spacial score (nSPS) is 11.4. The van der Waals surface area contributed by atoms with Gasteiger partial charge in [-0.05, 0) is 49.2 Å². The molecule has 0 aromatic heterocycles. The summed E-state index contributed by atoms with van der Waals surface area (Å²) >= 11 is 0. The SMILES string of the molecule is CCN(CCC(C)(C)C)CC(=O)Nc1ccc(NC(C)=O)cc1. The van der Waals surface area contributed by atoms with Gasteiger partial charge in [-0.3, -0.25) is 14.5 Å². The van der Waals surface area contributed by atoms with Gasteiger partial charge in [-0.2, -0.15) is 0 Å². The van der Waals surface area contributed by atoms with Crippen LogP contribution in [-0.2, 0) is 9.59 Å². The highest BCUT2D eigenvalue weighted by Crippen LogP contribution is 2.19. The highest BCUT2D eigenvalue weighted by Gasteiger charge is 2.14. The first-order valence-corrected chi connectivity index (χ1v) is 8.09. The predicted molar refractivity (Wildman–Crippen MR) is 95.6 cm³/mol. The fourth-order valence-electron chi connectivity index (χ4n) is 2.09. The van der Waals surface area contributed by atoms with Gasteiger partial charge < -0.3 is 10.6 Å². The lowest BCUT2D eigenvalue weighted by Gasteiger charge is -2.25. The summed E-state index contributed by atoms with van der Waals surface area (Å²) in [6.45, 7) is 12.3. The molecule has 2 amide bonds. The van der Waals surface area contributed by atoms with Crippen molar-refractivity contribution >= 4 is 23.2 Å². The molecular weight excluding hydrogens is 290 g/mol. The summed E-state index contributed by atoms with van der Waals surface area (Å²) in [6.07, 6.45) is 1.06. The van der Waals surface area contributed by atoms with Crippen LogP contribution in [0, 0.1) is 5.41 Å². The van der Waals surface area contributed by atoms with E-state index in [1.54, 1.807) is 24.3 Å². The number of carbonyl (C=O) groups excluding carboxylic acids is 2. The van der Waals surface area contributed by atoms with Gasteiger partial charge >= 0.3 is 0 Å². The van der Waals surface area contributed by atoms with Gasteiger partial charge in [0, 0.05) is 18.3 Å². The van der Waals surface area contributed by atoms with Gasteiger partial charge in [0.25, 0.3) is 0 Å². The maximum absolute atomic E-state index is 12.1. The number of nitrogens with zero attached hydrogens (tertiary/aromatic N) is 1. The maximum Gasteiger partial charge on any atom is 0.238 e. The molecule has 5 heteroatoms. The summed E-state index contributed by atoms with van der Waals surface area (Å²) in [7, 11) is 0. The van der Waals surface area contributed by atoms with Crippen LogP contribution >= 0.6 is 0 Å². The van der Waals surface area contributed by atoms with E-state index >= 15 is 0 Å². The van der Waals surface area contributed by atoms with Gasteiger partial charge in [-0.15, -0.1) is 0 Å². The molecule has 0 radical (unpaired) electrons. The van der Waals surface area contributed by atoms with Crippen LogP contribution < -0.4 is 10.6 Å². The minimum atomic E-state index is -0.112. The molecule has 0 saturated heterocycles. The third-order valence-electron chi connectivity index (χ3n) is 3.48. The van der Waals surface area contributed by atoms with E-state index in [0.717, 1.165) is 30.9 Å². The fraction of sp³-hybridized carbons (Fsp3) is 0.556. The Labute approximate surface area is 139 Å². The number of hydrogen-bond donors (Lipinski definition) is 2. The smallest absolute Gasteiger partial charge is 0.238 e. The molecular formula is C18H29N3O2. The summed E-state index contributed by atoms with van der Waals surface area (Å²) in [6, 6.07) is 7.12. The number of amides is 2. The Morgan fingerprint density at radius 3 is 2.00 bits per heavy atom. The van der Waals surface area contributed by atoms with Crippen LogP contribution in [0.15, 0.2) is 24.3 Å². The van der Waals surface area contributed by atoms with E-state index in [9.17, 15) is 9.59 Å². The van der Waals surface area contributed by atoms with Crippen molar-refractivity contribution in [2.75, 3.05) is 30.3 Å². The minimum Gasteiger partial charge on any atom is -0.326 e. The molecule has 0 unspecified atom stereocenters. The van der Waals surface area contributed by atoms with Gasteiger partial charge in [0.2, 0.25) is 11.8 Å². The van der Waals surface area contributed by atoms with Crippen LogP contribution in [0.25, 0.3) is 0 Å². The van der Waals surface area contributed by atoms with E-state index in [0.29, 0.717) is 6.54 Å². The number of nitrogens with one attached hydrogen (secondary N) is 2. The molecule has 1 rings (SSSR count). The van der Waals surface area contributed by atoms with E-state index < -0.39 is 0 Å². The number of hydrogen-bond acceptors (Lipinski definition) is 3. The lowest BCUT2D eigenvalue weighted by Crippen LogP contribution is -2.35. The molecule has 0 aliphatic carbocycles. The van der Waals surface area contributed by atoms with Gasteiger partial charge in [0.1, 0.15) is 0 Å². The van der Waals surface area contributed by atoms with Crippen LogP contribution in [0.3, 0.4) is 0 Å². The molecule has 2 N–H and O–H groups in total. The highest BCUT2D eigenvalue weighted by molar-refractivity contribution is 5.93. The average molecular weight is 319 g/mol. The lowest BCUT2D eigenvalue weighted by atomic mass is 9.92. The molecule has 5 nitrogen and oxygen atoms in total. The van der Waals surface area contributed by atoms with Crippen molar-refractivity contribution in [1.29, 1.82) is 0 Å². The molecule has 0 fully saturated rings. The maximum atomic E-state index is 12.1. The van der Waals surface area contributed by atoms with Crippen molar-refractivity contribution in [2.24, 2.45) is 5.41 Å². The number of likely N-dealkylation sites (N-methyl/N-ethyl adjacent to an activating group) is 1. The standard InChI is InChI=1S/C18H29N3O2/c1-6-21(12-11-18(3,4)5)13-17(23)20-16-9-7-15(8-10-16)19-14(2)22/h7-10H,6,11-13H2,1-5H3,(H,19,22)(H,20,23). The molecule has 1 aromatic carbocycles. The summed E-state index contributed by atoms with van der Waals surface area (Å²) in [4.78, 5) is 25.3. The Morgan fingerprint density at radius 2 is 1.57 bits per heavy atom. The van der Waals surface area contributed by atoms with Crippen LogP contribution in [0.4, 0.5) is 11.4 Å². The van der Waals surface area contributed by atoms with E-state index in [1.807, 2.05) is 0 Å². The van der Waals surface area contributed by atoms with Gasteiger partial charge in [-0.25, -0.2) is 0 Å². The molecule has 128 valence electrons. The van der Waals surface area contributed by atoms with E-state index in [2.05, 4.69) is 43.2 Å². The second-order valence-corrected chi connectivity index (χ2v) is 6.99. The van der Waals surface area contributed by atoms with Gasteiger partial charge in [-0.1, -0.05) is 27.7 Å². The number of rotatable bonds is 7. The Morgan fingerprint density at radius 1 is 1.04 bits per heavy atom. The molecule has 0 heterocycles. The van der Waals surface area contributed by atoms with Crippen molar-refractivity contribution in [1.82, 2.24) is 4.90 Å². The molecule has 23 heavy (non-hydrogen) atoms. The molecule has 0 atom stereocenters. The van der Waals surface area contributed by atoms with E-state index in [4.69, 9.17) is 0 Å². The van der Waals surface area contributed by atoms with Crippen LogP contribution in [0.5, 0.6) is 0 Å². The Kier molecular flexibility index (Phi) is 7.23. The number of benzene rings is 1. The molecule has 1 aromatic rings. The fourth-order valence-corrected chi connectivity index (χ4v) is 2.09. The Hall–Kier alpha value is -1.88. The van der Waals surface area contributed by atoms with Crippen LogP contribution in [-0.4, -0.2) is 36.3 Å². The summed E-state index contributed by atoms with van der Waals surface area (Å²) in [5.41, 5.74) is 1.72. The summed E-state index contributed by atoms with van der Waals surface area (Å²) in [5, 5.41) is 5.59. The third-order valence-corrected chi connectivity index (χ3v) is 3.48. The molecule has 0 aliphatic rings. The zero-order valence-electron chi connectivity index (χ0n) is 14.9. The van der Waals surface area contributed by atoms with Crippen LogP contribution in [0.1, 0.15) is 41.0 Å². The third kappa shape index (κ3) is 8.35. The molecule has 0 saturated carbocycles. The zero-order chi connectivity index (χ0) is 17.5. The predicted octanol–water partition coefficient (Wildman–Crippen LogP) is 3.34. The van der Waals surface area contributed by atoms with Crippen molar-refractivity contribution in [3.63, 3.8) is 0 Å². The molecule has 0 bridgehead atoms. The van der Waals surface area contributed by atoms with Crippen molar-refractivity contribution in [3.05, 3.63) is 24.3 Å². The first-order valence-electron chi connectivity index (χ1n) is 8.09. The topological polar surface area (TPSA) is 61.4 Å². The Balaban J connectivity index is 2.49. The molecule has 0 aliphatic heterocycles. The van der Waals surface area contributed by atoms with Crippen molar-refractivity contribution in [2.45, 2.75) is 41.0 Å². The van der Waals surface area contributed by atoms with Gasteiger partial charge in [0.05, 0.1) is 6.54 Å². The second kappa shape index (κ2) is 8.67.